The lowest BCUT2D eigenvalue weighted by atomic mass is 9.94. The van der Waals surface area contributed by atoms with Crippen LogP contribution in [0, 0.1) is 17.2 Å². The van der Waals surface area contributed by atoms with Gasteiger partial charge < -0.3 is 5.73 Å². The summed E-state index contributed by atoms with van der Waals surface area (Å²) in [5.74, 6) is -0.110. The molecule has 3 heteroatoms. The summed E-state index contributed by atoms with van der Waals surface area (Å²) in [6.07, 6.45) is 3.43. The third kappa shape index (κ3) is 1.50. The van der Waals surface area contributed by atoms with Crippen LogP contribution in [0.4, 0.5) is 0 Å². The molecule has 10 heavy (non-hydrogen) atoms. The molecule has 0 spiro atoms. The zero-order valence-corrected chi connectivity index (χ0v) is 6.30. The molecule has 1 unspecified atom stereocenters. The molecule has 0 aromatic heterocycles. The van der Waals surface area contributed by atoms with Gasteiger partial charge in [-0.1, -0.05) is 17.7 Å². The van der Waals surface area contributed by atoms with E-state index in [-0.39, 0.29) is 12.0 Å². The van der Waals surface area contributed by atoms with Gasteiger partial charge in [0.15, 0.2) is 0 Å². The Hall–Kier alpha value is -0.520. The summed E-state index contributed by atoms with van der Waals surface area (Å²) < 4.78 is 0. The van der Waals surface area contributed by atoms with Gasteiger partial charge in [0.2, 0.25) is 0 Å². The van der Waals surface area contributed by atoms with Crippen molar-refractivity contribution < 1.29 is 0 Å². The molecule has 1 aliphatic carbocycles. The molecule has 0 saturated heterocycles. The predicted octanol–water partition coefficient (Wildman–Crippen LogP) is 1.37. The first-order valence-electron chi connectivity index (χ1n) is 3.26. The molecule has 0 heterocycles. The zero-order chi connectivity index (χ0) is 7.56. The van der Waals surface area contributed by atoms with E-state index >= 15 is 0 Å². The van der Waals surface area contributed by atoms with Crippen LogP contribution in [0.5, 0.6) is 0 Å². The van der Waals surface area contributed by atoms with Crippen molar-refractivity contribution >= 4 is 11.6 Å². The van der Waals surface area contributed by atoms with Crippen LogP contribution in [0.15, 0.2) is 11.1 Å². The van der Waals surface area contributed by atoms with E-state index in [2.05, 4.69) is 6.07 Å². The summed E-state index contributed by atoms with van der Waals surface area (Å²) in [6, 6.07) is 2.17. The standard InChI is InChI=1S/C7H9ClN2/c8-7-3-6(10)2-1-5(7)4-9/h3,5-6H,1-2,10H2/t5?,6-/m0/s1. The van der Waals surface area contributed by atoms with Crippen LogP contribution in [0.2, 0.25) is 0 Å². The quantitative estimate of drug-likeness (QED) is 0.576. The van der Waals surface area contributed by atoms with E-state index < -0.39 is 0 Å². The van der Waals surface area contributed by atoms with Crippen LogP contribution < -0.4 is 5.73 Å². The van der Waals surface area contributed by atoms with Gasteiger partial charge in [-0.15, -0.1) is 0 Å². The first-order valence-corrected chi connectivity index (χ1v) is 3.64. The highest BCUT2D eigenvalue weighted by molar-refractivity contribution is 6.30. The number of nitrogens with zero attached hydrogens (tertiary/aromatic N) is 1. The normalized spacial score (nSPS) is 32.7. The zero-order valence-electron chi connectivity index (χ0n) is 5.55. The number of nitriles is 1. The Kier molecular flexibility index (Phi) is 2.31. The van der Waals surface area contributed by atoms with Crippen molar-refractivity contribution in [3.63, 3.8) is 0 Å². The van der Waals surface area contributed by atoms with Crippen molar-refractivity contribution in [2.45, 2.75) is 18.9 Å². The Labute approximate surface area is 65.3 Å². The van der Waals surface area contributed by atoms with Gasteiger partial charge >= 0.3 is 0 Å². The maximum atomic E-state index is 8.53. The molecule has 0 bridgehead atoms. The molecular weight excluding hydrogens is 148 g/mol. The number of halogens is 1. The number of rotatable bonds is 0. The van der Waals surface area contributed by atoms with Gasteiger partial charge in [0.1, 0.15) is 0 Å². The molecule has 0 aromatic carbocycles. The smallest absolute Gasteiger partial charge is 0.0817 e. The summed E-state index contributed by atoms with van der Waals surface area (Å²) in [5, 5.41) is 9.14. The molecule has 2 nitrogen and oxygen atoms in total. The molecule has 0 saturated carbocycles. The second-order valence-electron chi connectivity index (χ2n) is 2.47. The SMILES string of the molecule is N#CC1CC[C@H](N)C=C1Cl. The molecule has 2 atom stereocenters. The minimum atomic E-state index is -0.110. The van der Waals surface area contributed by atoms with E-state index in [4.69, 9.17) is 22.6 Å². The van der Waals surface area contributed by atoms with E-state index in [0.717, 1.165) is 12.8 Å². The van der Waals surface area contributed by atoms with Gasteiger partial charge in [0, 0.05) is 11.1 Å². The predicted molar refractivity (Wildman–Crippen MR) is 40.2 cm³/mol. The number of hydrogen-bond acceptors (Lipinski definition) is 2. The van der Waals surface area contributed by atoms with Crippen LogP contribution in [0.1, 0.15) is 12.8 Å². The maximum absolute atomic E-state index is 8.53. The highest BCUT2D eigenvalue weighted by Gasteiger charge is 2.18. The van der Waals surface area contributed by atoms with Crippen molar-refractivity contribution in [1.82, 2.24) is 0 Å². The average Bonchev–Trinajstić information content (AvgIpc) is 1.88. The summed E-state index contributed by atoms with van der Waals surface area (Å²) in [4.78, 5) is 0. The summed E-state index contributed by atoms with van der Waals surface area (Å²) in [5.41, 5.74) is 5.57. The monoisotopic (exact) mass is 156 g/mol. The summed E-state index contributed by atoms with van der Waals surface area (Å²) in [7, 11) is 0. The molecule has 54 valence electrons. The van der Waals surface area contributed by atoms with Crippen LogP contribution in [-0.4, -0.2) is 6.04 Å². The topological polar surface area (TPSA) is 49.8 Å². The molecule has 1 aliphatic rings. The Morgan fingerprint density at radius 3 is 2.90 bits per heavy atom. The van der Waals surface area contributed by atoms with E-state index in [0.29, 0.717) is 5.03 Å². The molecule has 0 aromatic rings. The fraction of sp³-hybridized carbons (Fsp3) is 0.571. The maximum Gasteiger partial charge on any atom is 0.0817 e. The van der Waals surface area contributed by atoms with Gasteiger partial charge in [-0.3, -0.25) is 0 Å². The lowest BCUT2D eigenvalue weighted by molar-refractivity contribution is 0.575. The van der Waals surface area contributed by atoms with E-state index in [1.54, 1.807) is 6.08 Å². The number of nitrogens with two attached hydrogens (primary N) is 1. The molecule has 2 N–H and O–H groups in total. The fourth-order valence-electron chi connectivity index (χ4n) is 1.03. The van der Waals surface area contributed by atoms with Crippen molar-refractivity contribution in [3.05, 3.63) is 11.1 Å². The van der Waals surface area contributed by atoms with Gasteiger partial charge in [0.05, 0.1) is 12.0 Å². The van der Waals surface area contributed by atoms with Crippen molar-refractivity contribution in [2.75, 3.05) is 0 Å². The van der Waals surface area contributed by atoms with Crippen LogP contribution in [0.25, 0.3) is 0 Å². The van der Waals surface area contributed by atoms with Gasteiger partial charge in [-0.05, 0) is 12.8 Å². The molecule has 0 amide bonds. The van der Waals surface area contributed by atoms with Crippen LogP contribution >= 0.6 is 11.6 Å². The van der Waals surface area contributed by atoms with Crippen molar-refractivity contribution in [2.24, 2.45) is 11.7 Å². The van der Waals surface area contributed by atoms with Gasteiger partial charge in [0.25, 0.3) is 0 Å². The first-order chi connectivity index (χ1) is 4.74. The lowest BCUT2D eigenvalue weighted by Crippen LogP contribution is -2.22. The number of hydrogen-bond donors (Lipinski definition) is 1. The third-order valence-electron chi connectivity index (χ3n) is 1.65. The largest absolute Gasteiger partial charge is 0.324 e. The Balaban J connectivity index is 2.69. The highest BCUT2D eigenvalue weighted by Crippen LogP contribution is 2.25. The van der Waals surface area contributed by atoms with E-state index in [1.807, 2.05) is 0 Å². The molecular formula is C7H9ClN2. The fourth-order valence-corrected chi connectivity index (χ4v) is 1.35. The molecule has 1 rings (SSSR count). The second kappa shape index (κ2) is 3.05. The minimum Gasteiger partial charge on any atom is -0.324 e. The average molecular weight is 157 g/mol. The van der Waals surface area contributed by atoms with E-state index in [9.17, 15) is 0 Å². The molecule has 0 fully saturated rings. The molecule has 0 radical (unpaired) electrons. The third-order valence-corrected chi connectivity index (χ3v) is 2.04. The van der Waals surface area contributed by atoms with Crippen molar-refractivity contribution in [1.29, 1.82) is 5.26 Å². The Bertz CT molecular complexity index is 192. The first kappa shape index (κ1) is 7.59. The number of allylic oxidation sites excluding steroid dienone is 1. The van der Waals surface area contributed by atoms with Gasteiger partial charge in [-0.2, -0.15) is 5.26 Å². The summed E-state index contributed by atoms with van der Waals surface area (Å²) >= 11 is 5.74. The van der Waals surface area contributed by atoms with Crippen LogP contribution in [0.3, 0.4) is 0 Å². The van der Waals surface area contributed by atoms with Crippen molar-refractivity contribution in [3.8, 4) is 6.07 Å². The van der Waals surface area contributed by atoms with Crippen LogP contribution in [-0.2, 0) is 0 Å². The highest BCUT2D eigenvalue weighted by atomic mass is 35.5. The second-order valence-corrected chi connectivity index (χ2v) is 2.91. The van der Waals surface area contributed by atoms with Gasteiger partial charge in [-0.25, -0.2) is 0 Å². The molecule has 0 aliphatic heterocycles. The Morgan fingerprint density at radius 1 is 1.70 bits per heavy atom. The lowest BCUT2D eigenvalue weighted by Gasteiger charge is -2.17. The van der Waals surface area contributed by atoms with E-state index in [1.165, 1.54) is 0 Å². The minimum absolute atomic E-state index is 0.0529. The summed E-state index contributed by atoms with van der Waals surface area (Å²) in [6.45, 7) is 0. The Morgan fingerprint density at radius 2 is 2.40 bits per heavy atom.